The number of nitrogens with zero attached hydrogens (tertiary/aromatic N) is 3. The maximum Gasteiger partial charge on any atom is 0.111 e. The Morgan fingerprint density at radius 1 is 1.23 bits per heavy atom. The highest BCUT2D eigenvalue weighted by molar-refractivity contribution is 7.12. The smallest absolute Gasteiger partial charge is 0.111 e. The van der Waals surface area contributed by atoms with Crippen molar-refractivity contribution in [2.24, 2.45) is 5.92 Å². The van der Waals surface area contributed by atoms with Crippen LogP contribution >= 0.6 is 11.3 Å². The topological polar surface area (TPSA) is 30.7 Å². The van der Waals surface area contributed by atoms with Gasteiger partial charge in [0, 0.05) is 27.4 Å². The molecule has 0 radical (unpaired) electrons. The van der Waals surface area contributed by atoms with Gasteiger partial charge in [-0.3, -0.25) is 9.67 Å². The summed E-state index contributed by atoms with van der Waals surface area (Å²) in [4.78, 5) is 6.92. The Labute approximate surface area is 156 Å². The van der Waals surface area contributed by atoms with Crippen molar-refractivity contribution >= 4 is 11.3 Å². The van der Waals surface area contributed by atoms with E-state index in [9.17, 15) is 4.39 Å². The molecule has 3 aromatic rings. The molecule has 3 nitrogen and oxygen atoms in total. The molecule has 0 saturated carbocycles. The first kappa shape index (κ1) is 16.9. The van der Waals surface area contributed by atoms with Crippen molar-refractivity contribution in [3.8, 4) is 22.6 Å². The highest BCUT2D eigenvalue weighted by Crippen LogP contribution is 2.34. The zero-order chi connectivity index (χ0) is 18.1. The Hall–Kier alpha value is -2.53. The summed E-state index contributed by atoms with van der Waals surface area (Å²) < 4.78 is 16.2. The fraction of sp³-hybridized carbons (Fsp3) is 0.238. The van der Waals surface area contributed by atoms with Crippen molar-refractivity contribution in [3.63, 3.8) is 0 Å². The van der Waals surface area contributed by atoms with Gasteiger partial charge in [0.05, 0.1) is 17.9 Å². The maximum atomic E-state index is 14.2. The van der Waals surface area contributed by atoms with E-state index < -0.39 is 0 Å². The average molecular weight is 365 g/mol. The van der Waals surface area contributed by atoms with Gasteiger partial charge in [0.2, 0.25) is 0 Å². The van der Waals surface area contributed by atoms with Crippen LogP contribution in [-0.2, 0) is 6.54 Å². The Morgan fingerprint density at radius 2 is 2.12 bits per heavy atom. The Balaban J connectivity index is 1.78. The van der Waals surface area contributed by atoms with Crippen LogP contribution in [0.5, 0.6) is 0 Å². The highest BCUT2D eigenvalue weighted by atomic mass is 32.1. The van der Waals surface area contributed by atoms with Gasteiger partial charge in [0.15, 0.2) is 0 Å². The minimum atomic E-state index is -0.171. The maximum absolute atomic E-state index is 14.2. The van der Waals surface area contributed by atoms with Crippen LogP contribution in [-0.4, -0.2) is 14.8 Å². The van der Waals surface area contributed by atoms with Gasteiger partial charge < -0.3 is 0 Å². The van der Waals surface area contributed by atoms with Crippen LogP contribution in [0.4, 0.5) is 4.39 Å². The molecule has 1 aliphatic carbocycles. The zero-order valence-electron chi connectivity index (χ0n) is 14.8. The van der Waals surface area contributed by atoms with Crippen LogP contribution in [0, 0.1) is 19.8 Å². The van der Waals surface area contributed by atoms with Crippen molar-refractivity contribution in [1.82, 2.24) is 14.8 Å². The summed E-state index contributed by atoms with van der Waals surface area (Å²) in [6.07, 6.45) is 7.81. The molecular weight excluding hydrogens is 345 g/mol. The highest BCUT2D eigenvalue weighted by Gasteiger charge is 2.21. The number of aryl methyl sites for hydroxylation is 2. The number of hydrogen-bond acceptors (Lipinski definition) is 3. The summed E-state index contributed by atoms with van der Waals surface area (Å²) in [6, 6.07) is 10.0. The number of rotatable bonds is 4. The molecule has 4 rings (SSSR count). The molecule has 1 atom stereocenters. The predicted octanol–water partition coefficient (Wildman–Crippen LogP) is 5.72. The minimum Gasteiger partial charge on any atom is -0.263 e. The summed E-state index contributed by atoms with van der Waals surface area (Å²) in [5.74, 6) is -0.248. The number of pyridine rings is 1. The average Bonchev–Trinajstić information content (AvgIpc) is 3.20. The molecule has 3 aromatic heterocycles. The lowest BCUT2D eigenvalue weighted by Gasteiger charge is -2.17. The van der Waals surface area contributed by atoms with Crippen molar-refractivity contribution in [2.45, 2.75) is 26.8 Å². The number of aromatic nitrogens is 3. The van der Waals surface area contributed by atoms with Crippen molar-refractivity contribution in [1.29, 1.82) is 0 Å². The summed E-state index contributed by atoms with van der Waals surface area (Å²) in [5.41, 5.74) is 3.84. The van der Waals surface area contributed by atoms with E-state index in [-0.39, 0.29) is 11.7 Å². The molecule has 0 aliphatic heterocycles. The van der Waals surface area contributed by atoms with Crippen molar-refractivity contribution < 1.29 is 4.39 Å². The van der Waals surface area contributed by atoms with Crippen LogP contribution in [0.25, 0.3) is 22.6 Å². The molecular formula is C21H20FN3S. The van der Waals surface area contributed by atoms with Crippen LogP contribution < -0.4 is 0 Å². The second kappa shape index (κ2) is 7.00. The number of halogens is 1. The molecule has 0 saturated heterocycles. The second-order valence-electron chi connectivity index (χ2n) is 6.55. The molecule has 0 amide bonds. The van der Waals surface area contributed by atoms with E-state index in [4.69, 9.17) is 5.10 Å². The van der Waals surface area contributed by atoms with Gasteiger partial charge in [-0.05, 0) is 50.6 Å². The van der Waals surface area contributed by atoms with E-state index in [0.29, 0.717) is 13.0 Å². The van der Waals surface area contributed by atoms with Crippen molar-refractivity contribution in [3.05, 3.63) is 70.3 Å². The fourth-order valence-corrected chi connectivity index (χ4v) is 4.25. The number of thiophene rings is 1. The lowest BCUT2D eigenvalue weighted by Crippen LogP contribution is -2.14. The van der Waals surface area contributed by atoms with Gasteiger partial charge in [-0.25, -0.2) is 4.39 Å². The first-order chi connectivity index (χ1) is 12.6. The third-order valence-corrected chi connectivity index (χ3v) is 5.59. The summed E-state index contributed by atoms with van der Waals surface area (Å²) in [5, 5.41) is 4.78. The van der Waals surface area contributed by atoms with Crippen LogP contribution in [0.1, 0.15) is 16.2 Å². The molecule has 0 aromatic carbocycles. The third kappa shape index (κ3) is 3.27. The van der Waals surface area contributed by atoms with Crippen LogP contribution in [0.3, 0.4) is 0 Å². The van der Waals surface area contributed by atoms with Gasteiger partial charge >= 0.3 is 0 Å². The molecule has 0 bridgehead atoms. The molecule has 1 unspecified atom stereocenters. The fourth-order valence-electron chi connectivity index (χ4n) is 3.32. The minimum absolute atomic E-state index is 0.0773. The zero-order valence-corrected chi connectivity index (χ0v) is 15.6. The molecule has 0 spiro atoms. The van der Waals surface area contributed by atoms with E-state index in [2.05, 4.69) is 31.0 Å². The summed E-state index contributed by atoms with van der Waals surface area (Å²) in [6.45, 7) is 4.74. The van der Waals surface area contributed by atoms with Crippen LogP contribution in [0.2, 0.25) is 0 Å². The van der Waals surface area contributed by atoms with Gasteiger partial charge in [0.25, 0.3) is 0 Å². The largest absolute Gasteiger partial charge is 0.263 e. The van der Waals surface area contributed by atoms with E-state index in [0.717, 1.165) is 22.6 Å². The quantitative estimate of drug-likeness (QED) is 0.592. The Morgan fingerprint density at radius 3 is 2.81 bits per heavy atom. The summed E-state index contributed by atoms with van der Waals surface area (Å²) >= 11 is 1.77. The van der Waals surface area contributed by atoms with Crippen molar-refractivity contribution in [2.75, 3.05) is 0 Å². The normalized spacial score (nSPS) is 16.7. The lowest BCUT2D eigenvalue weighted by molar-refractivity contribution is 0.396. The molecule has 0 N–H and O–H groups in total. The molecule has 3 heterocycles. The van der Waals surface area contributed by atoms with Gasteiger partial charge in [-0.2, -0.15) is 5.10 Å². The van der Waals surface area contributed by atoms with E-state index >= 15 is 0 Å². The molecule has 132 valence electrons. The standard InChI is InChI=1S/C21H20FN3S/c1-14-11-17(15(2)26-14)21-12-20(19-9-5-6-10-23-19)24-25(21)13-16-7-3-4-8-18(16)22/h3-6,8-12,16H,7,13H2,1-2H3. The number of allylic oxidation sites excluding steroid dienone is 4. The van der Waals surface area contributed by atoms with E-state index in [1.165, 1.54) is 9.75 Å². The first-order valence-electron chi connectivity index (χ1n) is 8.70. The predicted molar refractivity (Wildman–Crippen MR) is 105 cm³/mol. The van der Waals surface area contributed by atoms with E-state index in [1.807, 2.05) is 29.0 Å². The molecule has 0 fully saturated rings. The lowest BCUT2D eigenvalue weighted by atomic mass is 9.99. The van der Waals surface area contributed by atoms with E-state index in [1.54, 1.807) is 29.7 Å². The van der Waals surface area contributed by atoms with Crippen LogP contribution in [0.15, 0.2) is 60.6 Å². The Kier molecular flexibility index (Phi) is 4.55. The Bertz CT molecular complexity index is 982. The SMILES string of the molecule is Cc1cc(-c2cc(-c3ccccn3)nn2CC2CC=CC=C2F)c(C)s1. The first-order valence-corrected chi connectivity index (χ1v) is 9.52. The van der Waals surface area contributed by atoms with Gasteiger partial charge in [-0.1, -0.05) is 18.2 Å². The molecule has 5 heteroatoms. The second-order valence-corrected chi connectivity index (χ2v) is 8.01. The molecule has 1 aliphatic rings. The number of hydrogen-bond donors (Lipinski definition) is 0. The third-order valence-electron chi connectivity index (χ3n) is 4.62. The molecule has 26 heavy (non-hydrogen) atoms. The van der Waals surface area contributed by atoms with Gasteiger partial charge in [0.1, 0.15) is 11.5 Å². The monoisotopic (exact) mass is 365 g/mol. The van der Waals surface area contributed by atoms with Gasteiger partial charge in [-0.15, -0.1) is 11.3 Å². The summed E-state index contributed by atoms with van der Waals surface area (Å²) in [7, 11) is 0.